The lowest BCUT2D eigenvalue weighted by Crippen LogP contribution is -2.30. The van der Waals surface area contributed by atoms with Gasteiger partial charge in [-0.05, 0) is 52.1 Å². The Bertz CT molecular complexity index is 597. The highest BCUT2D eigenvalue weighted by Gasteiger charge is 2.20. The summed E-state index contributed by atoms with van der Waals surface area (Å²) in [6, 6.07) is 5.40. The monoisotopic (exact) mass is 374 g/mol. The average Bonchev–Trinajstić information content (AvgIpc) is 2.80. The molecule has 3 rings (SSSR count). The van der Waals surface area contributed by atoms with Crippen molar-refractivity contribution in [3.05, 3.63) is 43.4 Å². The maximum Gasteiger partial charge on any atom is 0.138 e. The van der Waals surface area contributed by atoms with Crippen molar-refractivity contribution in [3.63, 3.8) is 0 Å². The summed E-state index contributed by atoms with van der Waals surface area (Å²) in [7, 11) is 0. The highest BCUT2D eigenvalue weighted by molar-refractivity contribution is 14.1. The van der Waals surface area contributed by atoms with Crippen LogP contribution in [-0.2, 0) is 13.0 Å². The third-order valence-corrected chi connectivity index (χ3v) is 5.07. The quantitative estimate of drug-likeness (QED) is 0.610. The second-order valence-electron chi connectivity index (χ2n) is 4.37. The van der Waals surface area contributed by atoms with Gasteiger partial charge in [-0.25, -0.2) is 4.39 Å². The van der Waals surface area contributed by atoms with Gasteiger partial charge >= 0.3 is 0 Å². The van der Waals surface area contributed by atoms with Crippen molar-refractivity contribution >= 4 is 45.3 Å². The maximum absolute atomic E-state index is 13.7. The average molecular weight is 374 g/mol. The molecule has 0 atom stereocenters. The normalized spacial score (nSPS) is 14.7. The molecule has 2 aromatic rings. The van der Waals surface area contributed by atoms with Crippen molar-refractivity contribution < 1.29 is 4.39 Å². The van der Waals surface area contributed by atoms with Crippen LogP contribution in [0.1, 0.15) is 10.4 Å². The Morgan fingerprint density at radius 1 is 1.39 bits per heavy atom. The summed E-state index contributed by atoms with van der Waals surface area (Å²) in [5, 5.41) is 2.12. The molecule has 2 nitrogen and oxygen atoms in total. The fourth-order valence-corrected chi connectivity index (χ4v) is 3.66. The van der Waals surface area contributed by atoms with E-state index in [0.717, 1.165) is 25.2 Å². The predicted octanol–water partition coefficient (Wildman–Crippen LogP) is 3.64. The molecule has 0 bridgehead atoms. The molecule has 0 saturated carbocycles. The van der Waals surface area contributed by atoms with Crippen LogP contribution in [0.2, 0.25) is 0 Å². The number of nitrogens with zero attached hydrogens (tertiary/aromatic N) is 1. The molecule has 0 radical (unpaired) electrons. The van der Waals surface area contributed by atoms with Gasteiger partial charge in [-0.15, -0.1) is 11.3 Å². The van der Waals surface area contributed by atoms with Gasteiger partial charge in [0.2, 0.25) is 0 Å². The lowest BCUT2D eigenvalue weighted by molar-refractivity contribution is 0.618. The lowest BCUT2D eigenvalue weighted by atomic mass is 10.1. The van der Waals surface area contributed by atoms with Crippen LogP contribution in [0.3, 0.4) is 0 Å². The van der Waals surface area contributed by atoms with Crippen LogP contribution in [0.15, 0.2) is 23.6 Å². The van der Waals surface area contributed by atoms with Crippen molar-refractivity contribution in [1.82, 2.24) is 0 Å². The Hall–Kier alpha value is -0.820. The summed E-state index contributed by atoms with van der Waals surface area (Å²) in [5.74, 6) is -0.198. The highest BCUT2D eigenvalue weighted by atomic mass is 127. The van der Waals surface area contributed by atoms with E-state index in [4.69, 9.17) is 5.73 Å². The number of anilines is 2. The molecule has 1 aliphatic rings. The lowest BCUT2D eigenvalue weighted by Gasteiger charge is -2.30. The second kappa shape index (κ2) is 4.70. The minimum absolute atomic E-state index is 0.198. The number of rotatable bonds is 1. The smallest absolute Gasteiger partial charge is 0.138 e. The molecular formula is C13H12FIN2S. The molecule has 2 heterocycles. The first-order valence-corrected chi connectivity index (χ1v) is 7.65. The van der Waals surface area contributed by atoms with Crippen molar-refractivity contribution in [1.29, 1.82) is 0 Å². The molecule has 0 saturated heterocycles. The summed E-state index contributed by atoms with van der Waals surface area (Å²) in [4.78, 5) is 3.60. The van der Waals surface area contributed by atoms with Gasteiger partial charge in [-0.2, -0.15) is 0 Å². The van der Waals surface area contributed by atoms with E-state index in [1.165, 1.54) is 10.4 Å². The van der Waals surface area contributed by atoms with Crippen LogP contribution >= 0.6 is 33.9 Å². The third-order valence-electron chi connectivity index (χ3n) is 3.22. The van der Waals surface area contributed by atoms with E-state index in [1.54, 1.807) is 23.5 Å². The molecule has 18 heavy (non-hydrogen) atoms. The van der Waals surface area contributed by atoms with Crippen LogP contribution in [-0.4, -0.2) is 6.54 Å². The number of nitrogen functional groups attached to an aromatic ring is 1. The Kier molecular flexibility index (Phi) is 3.19. The highest BCUT2D eigenvalue weighted by Crippen LogP contribution is 2.32. The molecule has 0 aliphatic carbocycles. The van der Waals surface area contributed by atoms with Crippen LogP contribution in [0.5, 0.6) is 0 Å². The topological polar surface area (TPSA) is 29.3 Å². The summed E-state index contributed by atoms with van der Waals surface area (Å²) >= 11 is 3.76. The molecule has 2 N–H and O–H groups in total. The summed E-state index contributed by atoms with van der Waals surface area (Å²) in [5.41, 5.74) is 8.81. The summed E-state index contributed by atoms with van der Waals surface area (Å²) in [6.45, 7) is 1.72. The van der Waals surface area contributed by atoms with E-state index in [-0.39, 0.29) is 5.82 Å². The summed E-state index contributed by atoms with van der Waals surface area (Å²) in [6.07, 6.45) is 1.01. The zero-order valence-corrected chi connectivity index (χ0v) is 12.6. The zero-order valence-electron chi connectivity index (χ0n) is 9.62. The standard InChI is InChI=1S/C13H12FIN2S/c14-9-5-12(11(16)6-10(9)15)17-3-1-13-8(7-17)2-4-18-13/h2,4-6H,1,3,7,16H2. The minimum Gasteiger partial charge on any atom is -0.397 e. The number of halogens is 2. The van der Waals surface area contributed by atoms with Crippen molar-refractivity contribution in [2.45, 2.75) is 13.0 Å². The van der Waals surface area contributed by atoms with Gasteiger partial charge in [-0.3, -0.25) is 0 Å². The minimum atomic E-state index is -0.198. The van der Waals surface area contributed by atoms with Crippen LogP contribution in [0, 0.1) is 9.39 Å². The van der Waals surface area contributed by atoms with Gasteiger partial charge < -0.3 is 10.6 Å². The molecule has 0 spiro atoms. The van der Waals surface area contributed by atoms with E-state index in [9.17, 15) is 4.39 Å². The van der Waals surface area contributed by atoms with Crippen LogP contribution in [0.25, 0.3) is 0 Å². The van der Waals surface area contributed by atoms with Crippen molar-refractivity contribution in [2.75, 3.05) is 17.2 Å². The first kappa shape index (κ1) is 12.2. The largest absolute Gasteiger partial charge is 0.397 e. The van der Waals surface area contributed by atoms with Gasteiger partial charge in [0.05, 0.1) is 14.9 Å². The molecule has 1 aliphatic heterocycles. The van der Waals surface area contributed by atoms with Crippen molar-refractivity contribution in [3.8, 4) is 0 Å². The van der Waals surface area contributed by atoms with Crippen LogP contribution < -0.4 is 10.6 Å². The Morgan fingerprint density at radius 2 is 2.22 bits per heavy atom. The van der Waals surface area contributed by atoms with Crippen LogP contribution in [0.4, 0.5) is 15.8 Å². The van der Waals surface area contributed by atoms with Gasteiger partial charge in [0.15, 0.2) is 0 Å². The summed E-state index contributed by atoms with van der Waals surface area (Å²) < 4.78 is 14.2. The first-order valence-electron chi connectivity index (χ1n) is 5.70. The predicted molar refractivity (Wildman–Crippen MR) is 82.6 cm³/mol. The molecule has 94 valence electrons. The number of hydrogen-bond acceptors (Lipinski definition) is 3. The maximum atomic E-state index is 13.7. The third kappa shape index (κ3) is 2.09. The molecule has 5 heteroatoms. The van der Waals surface area contributed by atoms with Gasteiger partial charge in [0.25, 0.3) is 0 Å². The number of nitrogens with two attached hydrogens (primary N) is 1. The van der Waals surface area contributed by atoms with E-state index < -0.39 is 0 Å². The number of fused-ring (bicyclic) bond motifs is 1. The van der Waals surface area contributed by atoms with E-state index >= 15 is 0 Å². The second-order valence-corrected chi connectivity index (χ2v) is 6.53. The fraction of sp³-hybridized carbons (Fsp3) is 0.231. The molecular weight excluding hydrogens is 362 g/mol. The fourth-order valence-electron chi connectivity index (χ4n) is 2.28. The van der Waals surface area contributed by atoms with E-state index in [1.807, 2.05) is 22.6 Å². The van der Waals surface area contributed by atoms with Gasteiger partial charge in [0.1, 0.15) is 5.82 Å². The SMILES string of the molecule is Nc1cc(I)c(F)cc1N1CCc2sccc2C1. The molecule has 0 fully saturated rings. The number of benzene rings is 1. The Balaban J connectivity index is 1.95. The van der Waals surface area contributed by atoms with Gasteiger partial charge in [-0.1, -0.05) is 0 Å². The molecule has 1 aromatic carbocycles. The Labute approximate surface area is 123 Å². The number of thiophene rings is 1. The molecule has 0 amide bonds. The zero-order chi connectivity index (χ0) is 12.7. The van der Waals surface area contributed by atoms with E-state index in [0.29, 0.717) is 9.26 Å². The van der Waals surface area contributed by atoms with Gasteiger partial charge in [0, 0.05) is 24.0 Å². The first-order chi connectivity index (χ1) is 8.65. The van der Waals surface area contributed by atoms with Crippen molar-refractivity contribution in [2.24, 2.45) is 0 Å². The Morgan fingerprint density at radius 3 is 3.06 bits per heavy atom. The molecule has 0 unspecified atom stereocenters. The number of hydrogen-bond donors (Lipinski definition) is 1. The van der Waals surface area contributed by atoms with E-state index in [2.05, 4.69) is 16.3 Å². The molecule has 1 aromatic heterocycles.